The number of aromatic nitrogens is 2. The number of nitrogens with one attached hydrogen (secondary N) is 1. The molecule has 5 nitrogen and oxygen atoms in total. The minimum absolute atomic E-state index is 0.333. The lowest BCUT2D eigenvalue weighted by atomic mass is 9.94. The van der Waals surface area contributed by atoms with Gasteiger partial charge in [-0.1, -0.05) is 16.7 Å². The van der Waals surface area contributed by atoms with Gasteiger partial charge in [0.15, 0.2) is 0 Å². The summed E-state index contributed by atoms with van der Waals surface area (Å²) in [5, 5.41) is 6.91. The van der Waals surface area contributed by atoms with Crippen LogP contribution in [0.15, 0.2) is 22.7 Å². The van der Waals surface area contributed by atoms with Gasteiger partial charge in [0.1, 0.15) is 13.6 Å². The third-order valence-corrected chi connectivity index (χ3v) is 2.81. The van der Waals surface area contributed by atoms with Gasteiger partial charge in [-0.15, -0.1) is 0 Å². The Hall–Kier alpha value is -1.82. The quantitative estimate of drug-likeness (QED) is 0.800. The van der Waals surface area contributed by atoms with Crippen LogP contribution in [0.4, 0.5) is 0 Å². The van der Waals surface area contributed by atoms with Gasteiger partial charge in [0, 0.05) is 5.56 Å². The molecule has 0 saturated heterocycles. The molecule has 0 amide bonds. The Morgan fingerprint density at radius 2 is 2.26 bits per heavy atom. The summed E-state index contributed by atoms with van der Waals surface area (Å²) < 4.78 is 10.9. The molecule has 1 fully saturated rings. The van der Waals surface area contributed by atoms with E-state index >= 15 is 0 Å². The van der Waals surface area contributed by atoms with Crippen LogP contribution in [0.1, 0.15) is 18.7 Å². The molecule has 1 aromatic carbocycles. The fraction of sp³-hybridized carbons (Fsp3) is 0.385. The first-order valence-corrected chi connectivity index (χ1v) is 6.29. The van der Waals surface area contributed by atoms with Gasteiger partial charge in [0.2, 0.25) is 11.7 Å². The molecule has 96 valence electrons. The van der Waals surface area contributed by atoms with Crippen LogP contribution in [-0.2, 0) is 6.54 Å². The molecule has 19 heavy (non-hydrogen) atoms. The topological polar surface area (TPSA) is 60.2 Å². The van der Waals surface area contributed by atoms with Gasteiger partial charge >= 0.3 is 0 Å². The lowest BCUT2D eigenvalue weighted by molar-refractivity contribution is 0.303. The third-order valence-electron chi connectivity index (χ3n) is 2.81. The molecule has 1 heterocycles. The minimum atomic E-state index is 0.333. The first-order chi connectivity index (χ1) is 9.24. The van der Waals surface area contributed by atoms with Crippen LogP contribution in [0.25, 0.3) is 11.4 Å². The van der Waals surface area contributed by atoms with E-state index in [1.54, 1.807) is 0 Å². The van der Waals surface area contributed by atoms with E-state index in [0.717, 1.165) is 24.2 Å². The maximum atomic E-state index is 5.88. The van der Waals surface area contributed by atoms with E-state index in [1.165, 1.54) is 0 Å². The molecule has 3 rings (SSSR count). The zero-order chi connectivity index (χ0) is 13.2. The molecular formula is C13H14BN3O2. The Kier molecular flexibility index (Phi) is 3.25. The van der Waals surface area contributed by atoms with Crippen molar-refractivity contribution in [1.29, 1.82) is 0 Å². The largest absolute Gasteiger partial charge is 0.490 e. The summed E-state index contributed by atoms with van der Waals surface area (Å²) in [7, 11) is 7.71. The van der Waals surface area contributed by atoms with Crippen LogP contribution in [0.5, 0.6) is 5.75 Å². The highest BCUT2D eigenvalue weighted by atomic mass is 16.5. The molecule has 0 spiro atoms. The zero-order valence-corrected chi connectivity index (χ0v) is 10.7. The fourth-order valence-electron chi connectivity index (χ4n) is 1.79. The molecule has 0 atom stereocenters. The second-order valence-corrected chi connectivity index (χ2v) is 4.65. The molecule has 2 radical (unpaired) electrons. The van der Waals surface area contributed by atoms with Crippen LogP contribution in [0, 0.1) is 0 Å². The monoisotopic (exact) mass is 255 g/mol. The fourth-order valence-corrected chi connectivity index (χ4v) is 1.79. The van der Waals surface area contributed by atoms with Gasteiger partial charge < -0.3 is 14.6 Å². The van der Waals surface area contributed by atoms with Crippen molar-refractivity contribution in [2.24, 2.45) is 0 Å². The predicted octanol–water partition coefficient (Wildman–Crippen LogP) is 0.791. The molecule has 6 heteroatoms. The Balaban J connectivity index is 1.86. The number of ether oxygens (including phenoxy) is 1. The molecular weight excluding hydrogens is 241 g/mol. The average molecular weight is 255 g/mol. The molecule has 0 unspecified atom stereocenters. The van der Waals surface area contributed by atoms with Crippen molar-refractivity contribution in [3.05, 3.63) is 24.1 Å². The highest BCUT2D eigenvalue weighted by Gasteiger charge is 2.23. The average Bonchev–Trinajstić information content (AvgIpc) is 3.05. The number of hydrogen-bond acceptors (Lipinski definition) is 5. The zero-order valence-electron chi connectivity index (χ0n) is 10.7. The van der Waals surface area contributed by atoms with Crippen molar-refractivity contribution in [3.63, 3.8) is 0 Å². The maximum Gasteiger partial charge on any atom is 0.240 e. The van der Waals surface area contributed by atoms with E-state index in [4.69, 9.17) is 17.1 Å². The van der Waals surface area contributed by atoms with Gasteiger partial charge in [-0.05, 0) is 32.0 Å². The lowest BCUT2D eigenvalue weighted by Crippen LogP contribution is -2.06. The number of benzene rings is 1. The van der Waals surface area contributed by atoms with Crippen LogP contribution < -0.4 is 15.5 Å². The van der Waals surface area contributed by atoms with Crippen molar-refractivity contribution >= 4 is 13.3 Å². The predicted molar refractivity (Wildman–Crippen MR) is 71.5 cm³/mol. The van der Waals surface area contributed by atoms with Crippen LogP contribution >= 0.6 is 0 Å². The summed E-state index contributed by atoms with van der Waals surface area (Å²) in [6, 6.07) is 5.52. The molecule has 1 aliphatic rings. The molecule has 1 aliphatic carbocycles. The molecule has 1 N–H and O–H groups in total. The van der Waals surface area contributed by atoms with Crippen molar-refractivity contribution in [1.82, 2.24) is 15.5 Å². The van der Waals surface area contributed by atoms with Gasteiger partial charge in [-0.3, -0.25) is 0 Å². The first-order valence-electron chi connectivity index (χ1n) is 6.29. The Morgan fingerprint density at radius 3 is 3.00 bits per heavy atom. The maximum absolute atomic E-state index is 5.88. The molecule has 0 aliphatic heterocycles. The van der Waals surface area contributed by atoms with Crippen LogP contribution in [0.2, 0.25) is 0 Å². The number of rotatable bonds is 5. The molecule has 0 bridgehead atoms. The van der Waals surface area contributed by atoms with Crippen molar-refractivity contribution in [3.8, 4) is 17.1 Å². The second-order valence-electron chi connectivity index (χ2n) is 4.65. The summed E-state index contributed by atoms with van der Waals surface area (Å²) in [6.07, 6.45) is 2.55. The Labute approximate surface area is 112 Å². The highest BCUT2D eigenvalue weighted by Crippen LogP contribution is 2.28. The highest BCUT2D eigenvalue weighted by molar-refractivity contribution is 6.32. The third kappa shape index (κ3) is 2.96. The lowest BCUT2D eigenvalue weighted by Gasteiger charge is -2.07. The summed E-state index contributed by atoms with van der Waals surface area (Å²) >= 11 is 0. The van der Waals surface area contributed by atoms with E-state index in [9.17, 15) is 0 Å². The molecule has 2 aromatic rings. The Bertz CT molecular complexity index is 581. The van der Waals surface area contributed by atoms with E-state index in [1.807, 2.05) is 25.2 Å². The van der Waals surface area contributed by atoms with Crippen molar-refractivity contribution in [2.75, 3.05) is 7.05 Å². The second kappa shape index (κ2) is 5.05. The van der Waals surface area contributed by atoms with Gasteiger partial charge in [-0.25, -0.2) is 0 Å². The summed E-state index contributed by atoms with van der Waals surface area (Å²) in [4.78, 5) is 4.30. The van der Waals surface area contributed by atoms with Crippen LogP contribution in [-0.4, -0.2) is 31.1 Å². The summed E-state index contributed by atoms with van der Waals surface area (Å²) in [5.74, 6) is 1.83. The van der Waals surface area contributed by atoms with Gasteiger partial charge in [-0.2, -0.15) is 4.98 Å². The smallest absolute Gasteiger partial charge is 0.240 e. The van der Waals surface area contributed by atoms with Crippen molar-refractivity contribution < 1.29 is 9.26 Å². The first kappa shape index (κ1) is 12.2. The summed E-state index contributed by atoms with van der Waals surface area (Å²) in [6.45, 7) is 0.542. The SMILES string of the molecule is [B]c1cc(OC2CC2)cc(-c2noc(CNC)n2)c1. The Morgan fingerprint density at radius 1 is 1.42 bits per heavy atom. The van der Waals surface area contributed by atoms with Crippen molar-refractivity contribution in [2.45, 2.75) is 25.5 Å². The van der Waals surface area contributed by atoms with E-state index in [-0.39, 0.29) is 0 Å². The van der Waals surface area contributed by atoms with Crippen LogP contribution in [0.3, 0.4) is 0 Å². The summed E-state index contributed by atoms with van der Waals surface area (Å²) in [5.41, 5.74) is 1.44. The van der Waals surface area contributed by atoms with Gasteiger partial charge in [0.05, 0.1) is 12.6 Å². The van der Waals surface area contributed by atoms with E-state index in [2.05, 4.69) is 15.5 Å². The van der Waals surface area contributed by atoms with E-state index < -0.39 is 0 Å². The standard InChI is InChI=1S/C13H14BN3O2/c1-15-7-12-16-13(17-19-12)8-4-9(14)6-11(5-8)18-10-2-3-10/h4-6,10,15H,2-3,7H2,1H3. The number of nitrogens with zero attached hydrogens (tertiary/aromatic N) is 2. The van der Waals surface area contributed by atoms with E-state index in [0.29, 0.717) is 29.8 Å². The number of hydrogen-bond donors (Lipinski definition) is 1. The van der Waals surface area contributed by atoms with Gasteiger partial charge in [0.25, 0.3) is 0 Å². The molecule has 1 aromatic heterocycles. The minimum Gasteiger partial charge on any atom is -0.490 e. The normalized spacial score (nSPS) is 14.6. The molecule has 1 saturated carbocycles.